The van der Waals surface area contributed by atoms with E-state index in [0.29, 0.717) is 18.7 Å². The van der Waals surface area contributed by atoms with Crippen molar-refractivity contribution in [1.29, 1.82) is 0 Å². The zero-order chi connectivity index (χ0) is 11.8. The van der Waals surface area contributed by atoms with Gasteiger partial charge in [-0.15, -0.1) is 0 Å². The van der Waals surface area contributed by atoms with Crippen LogP contribution in [-0.4, -0.2) is 26.0 Å². The van der Waals surface area contributed by atoms with Gasteiger partial charge < -0.3 is 4.90 Å². The molecule has 2 aromatic heterocycles. The Hall–Kier alpha value is -2.17. The van der Waals surface area contributed by atoms with Crippen LogP contribution in [0, 0.1) is 6.92 Å². The highest BCUT2D eigenvalue weighted by molar-refractivity contribution is 5.94. The number of nitrogens with zero attached hydrogens (tertiary/aromatic N) is 3. The van der Waals surface area contributed by atoms with Crippen LogP contribution in [0.25, 0.3) is 0 Å². The lowest BCUT2D eigenvalue weighted by Gasteiger charge is -2.13. The van der Waals surface area contributed by atoms with E-state index in [0.717, 1.165) is 11.3 Å². The molecule has 5 heteroatoms. The Morgan fingerprint density at radius 2 is 2.18 bits per heavy atom. The highest BCUT2D eigenvalue weighted by Crippen LogP contribution is 2.23. The maximum Gasteiger partial charge on any atom is 0.257 e. The lowest BCUT2D eigenvalue weighted by Crippen LogP contribution is -2.24. The van der Waals surface area contributed by atoms with E-state index in [1.54, 1.807) is 17.3 Å². The summed E-state index contributed by atoms with van der Waals surface area (Å²) in [4.78, 5) is 18.2. The predicted octanol–water partition coefficient (Wildman–Crippen LogP) is 1.27. The molecule has 0 bridgehead atoms. The van der Waals surface area contributed by atoms with E-state index in [1.165, 1.54) is 5.56 Å². The monoisotopic (exact) mass is 228 g/mol. The van der Waals surface area contributed by atoms with E-state index >= 15 is 0 Å². The molecule has 0 unspecified atom stereocenters. The van der Waals surface area contributed by atoms with Crippen molar-refractivity contribution in [2.24, 2.45) is 0 Å². The van der Waals surface area contributed by atoms with Crippen molar-refractivity contribution < 1.29 is 4.79 Å². The lowest BCUT2D eigenvalue weighted by atomic mass is 10.2. The van der Waals surface area contributed by atoms with Gasteiger partial charge in [0, 0.05) is 31.2 Å². The Morgan fingerprint density at radius 1 is 1.35 bits per heavy atom. The summed E-state index contributed by atoms with van der Waals surface area (Å²) >= 11 is 0. The fraction of sp³-hybridized carbons (Fsp3) is 0.250. The van der Waals surface area contributed by atoms with Crippen LogP contribution in [0.3, 0.4) is 0 Å². The fourth-order valence-electron chi connectivity index (χ4n) is 2.10. The zero-order valence-electron chi connectivity index (χ0n) is 9.47. The third-order valence-electron chi connectivity index (χ3n) is 2.97. The largest absolute Gasteiger partial charge is 0.330 e. The maximum absolute atomic E-state index is 12.1. The molecule has 1 aliphatic rings. The number of hydrogen-bond donors (Lipinski definition) is 1. The molecule has 0 spiro atoms. The second-order valence-electron chi connectivity index (χ2n) is 4.24. The maximum atomic E-state index is 12.1. The lowest BCUT2D eigenvalue weighted by molar-refractivity contribution is 0.0751. The standard InChI is InChI=1S/C12H12N4O/c1-8-2-9-6-16(7-11(9)3-13-8)12(17)10-4-14-15-5-10/h2-5H,6-7H2,1H3,(H,14,15). The number of nitrogens with one attached hydrogen (secondary N) is 1. The van der Waals surface area contributed by atoms with E-state index in [-0.39, 0.29) is 5.91 Å². The Bertz CT molecular complexity index is 562. The molecule has 3 rings (SSSR count). The Morgan fingerprint density at radius 3 is 2.94 bits per heavy atom. The van der Waals surface area contributed by atoms with E-state index < -0.39 is 0 Å². The van der Waals surface area contributed by atoms with Crippen molar-refractivity contribution in [2.45, 2.75) is 20.0 Å². The number of aromatic amines is 1. The van der Waals surface area contributed by atoms with E-state index in [1.807, 2.05) is 19.2 Å². The molecular formula is C12H12N4O. The van der Waals surface area contributed by atoms with Crippen LogP contribution < -0.4 is 0 Å². The second-order valence-corrected chi connectivity index (χ2v) is 4.24. The van der Waals surface area contributed by atoms with Gasteiger partial charge in [0.1, 0.15) is 0 Å². The van der Waals surface area contributed by atoms with Crippen LogP contribution in [0.5, 0.6) is 0 Å². The summed E-state index contributed by atoms with van der Waals surface area (Å²) < 4.78 is 0. The molecule has 0 radical (unpaired) electrons. The summed E-state index contributed by atoms with van der Waals surface area (Å²) in [5.74, 6) is 0.00704. The molecule has 1 N–H and O–H groups in total. The van der Waals surface area contributed by atoms with Crippen molar-refractivity contribution in [2.75, 3.05) is 0 Å². The molecule has 1 amide bonds. The number of fused-ring (bicyclic) bond motifs is 1. The van der Waals surface area contributed by atoms with Gasteiger partial charge in [0.2, 0.25) is 0 Å². The minimum Gasteiger partial charge on any atom is -0.330 e. The molecule has 0 aromatic carbocycles. The van der Waals surface area contributed by atoms with Crippen LogP contribution in [0.4, 0.5) is 0 Å². The first-order chi connectivity index (χ1) is 8.24. The molecule has 17 heavy (non-hydrogen) atoms. The molecular weight excluding hydrogens is 216 g/mol. The highest BCUT2D eigenvalue weighted by atomic mass is 16.2. The topological polar surface area (TPSA) is 61.9 Å². The normalized spacial score (nSPS) is 13.8. The smallest absolute Gasteiger partial charge is 0.257 e. The third-order valence-corrected chi connectivity index (χ3v) is 2.97. The molecule has 1 aliphatic heterocycles. The molecule has 2 aromatic rings. The Labute approximate surface area is 98.5 Å². The van der Waals surface area contributed by atoms with Crippen molar-refractivity contribution in [3.05, 3.63) is 47.0 Å². The van der Waals surface area contributed by atoms with E-state index in [4.69, 9.17) is 0 Å². The zero-order valence-corrected chi connectivity index (χ0v) is 9.47. The quantitative estimate of drug-likeness (QED) is 0.799. The van der Waals surface area contributed by atoms with Gasteiger partial charge in [-0.05, 0) is 24.1 Å². The second kappa shape index (κ2) is 3.69. The number of aryl methyl sites for hydroxylation is 1. The molecule has 0 atom stereocenters. The molecule has 5 nitrogen and oxygen atoms in total. The number of amides is 1. The first-order valence-corrected chi connectivity index (χ1v) is 5.46. The van der Waals surface area contributed by atoms with Gasteiger partial charge in [-0.25, -0.2) is 0 Å². The molecule has 86 valence electrons. The molecule has 0 saturated heterocycles. The van der Waals surface area contributed by atoms with Crippen LogP contribution in [0.15, 0.2) is 24.7 Å². The number of pyridine rings is 1. The number of H-pyrrole nitrogens is 1. The van der Waals surface area contributed by atoms with Crippen LogP contribution >= 0.6 is 0 Å². The number of hydrogen-bond acceptors (Lipinski definition) is 3. The SMILES string of the molecule is Cc1cc2c(cn1)CN(C(=O)c1cn[nH]c1)C2. The third kappa shape index (κ3) is 1.69. The van der Waals surface area contributed by atoms with Crippen LogP contribution in [-0.2, 0) is 13.1 Å². The molecule has 0 fully saturated rings. The summed E-state index contributed by atoms with van der Waals surface area (Å²) in [5.41, 5.74) is 3.91. The molecule has 0 aliphatic carbocycles. The molecule has 3 heterocycles. The Balaban J connectivity index is 1.85. The van der Waals surface area contributed by atoms with Gasteiger partial charge in [-0.1, -0.05) is 0 Å². The van der Waals surface area contributed by atoms with Crippen molar-refractivity contribution in [3.8, 4) is 0 Å². The summed E-state index contributed by atoms with van der Waals surface area (Å²) in [5, 5.41) is 6.45. The first kappa shape index (κ1) is 10.0. The van der Waals surface area contributed by atoms with E-state index in [9.17, 15) is 4.79 Å². The average Bonchev–Trinajstić information content (AvgIpc) is 2.96. The number of aromatic nitrogens is 3. The van der Waals surface area contributed by atoms with Crippen molar-refractivity contribution in [1.82, 2.24) is 20.1 Å². The summed E-state index contributed by atoms with van der Waals surface area (Å²) in [6.07, 6.45) is 5.02. The number of rotatable bonds is 1. The van der Waals surface area contributed by atoms with Gasteiger partial charge in [-0.2, -0.15) is 5.10 Å². The minimum atomic E-state index is 0.00704. The molecule has 0 saturated carbocycles. The van der Waals surface area contributed by atoms with Crippen LogP contribution in [0.1, 0.15) is 27.2 Å². The highest BCUT2D eigenvalue weighted by Gasteiger charge is 2.24. The Kier molecular flexibility index (Phi) is 2.18. The first-order valence-electron chi connectivity index (χ1n) is 5.46. The van der Waals surface area contributed by atoms with Gasteiger partial charge in [0.15, 0.2) is 0 Å². The number of carbonyl (C=O) groups is 1. The fourth-order valence-corrected chi connectivity index (χ4v) is 2.10. The van der Waals surface area contributed by atoms with Gasteiger partial charge >= 0.3 is 0 Å². The van der Waals surface area contributed by atoms with Gasteiger partial charge in [-0.3, -0.25) is 14.9 Å². The minimum absolute atomic E-state index is 0.00704. The summed E-state index contributed by atoms with van der Waals surface area (Å²) in [6, 6.07) is 2.04. The average molecular weight is 228 g/mol. The predicted molar refractivity (Wildman–Crippen MR) is 61.1 cm³/mol. The van der Waals surface area contributed by atoms with E-state index in [2.05, 4.69) is 15.2 Å². The van der Waals surface area contributed by atoms with Crippen molar-refractivity contribution in [3.63, 3.8) is 0 Å². The number of carbonyl (C=O) groups excluding carboxylic acids is 1. The van der Waals surface area contributed by atoms with Gasteiger partial charge in [0.05, 0.1) is 11.8 Å². The summed E-state index contributed by atoms with van der Waals surface area (Å²) in [7, 11) is 0. The van der Waals surface area contributed by atoms with Gasteiger partial charge in [0.25, 0.3) is 5.91 Å². The van der Waals surface area contributed by atoms with Crippen molar-refractivity contribution >= 4 is 5.91 Å². The summed E-state index contributed by atoms with van der Waals surface area (Å²) in [6.45, 7) is 3.25. The van der Waals surface area contributed by atoms with Crippen LogP contribution in [0.2, 0.25) is 0 Å².